The molecule has 0 aliphatic rings. The topological polar surface area (TPSA) is 81.4 Å². The molecule has 0 aliphatic carbocycles. The molecule has 0 aliphatic heterocycles. The first-order valence-electron chi connectivity index (χ1n) is 7.23. The highest BCUT2D eigenvalue weighted by Crippen LogP contribution is 2.20. The van der Waals surface area contributed by atoms with Crippen LogP contribution in [-0.2, 0) is 4.79 Å². The number of ether oxygens (including phenoxy) is 1. The van der Waals surface area contributed by atoms with Gasteiger partial charge in [-0.1, -0.05) is 33.6 Å². The molecular weight excluding hydrogens is 396 g/mol. The average Bonchev–Trinajstić information content (AvgIpc) is 2.53. The summed E-state index contributed by atoms with van der Waals surface area (Å²) in [5.41, 5.74) is 5.87. The van der Waals surface area contributed by atoms with Crippen molar-refractivity contribution in [1.29, 1.82) is 0 Å². The zero-order valence-corrected chi connectivity index (χ0v) is 15.1. The molecule has 0 spiro atoms. The molecule has 24 heavy (non-hydrogen) atoms. The Kier molecular flexibility index (Phi) is 6.63. The second kappa shape index (κ2) is 8.70. The van der Waals surface area contributed by atoms with E-state index in [0.29, 0.717) is 25.1 Å². The Morgan fingerprint density at radius 2 is 2.00 bits per heavy atom. The molecule has 2 amide bonds. The molecule has 2 aromatic carbocycles. The molecule has 7 heteroatoms. The number of rotatable bonds is 7. The van der Waals surface area contributed by atoms with E-state index in [2.05, 4.69) is 21.2 Å². The van der Waals surface area contributed by atoms with Crippen molar-refractivity contribution in [1.82, 2.24) is 0 Å². The van der Waals surface area contributed by atoms with Gasteiger partial charge in [-0.05, 0) is 42.8 Å². The van der Waals surface area contributed by atoms with Crippen LogP contribution in [0.1, 0.15) is 23.2 Å². The molecule has 0 aromatic heterocycles. The fourth-order valence-corrected chi connectivity index (χ4v) is 2.58. The van der Waals surface area contributed by atoms with E-state index in [-0.39, 0.29) is 16.5 Å². The van der Waals surface area contributed by atoms with Crippen molar-refractivity contribution in [2.45, 2.75) is 12.8 Å². The summed E-state index contributed by atoms with van der Waals surface area (Å²) in [6, 6.07) is 12.1. The molecule has 0 saturated heterocycles. The lowest BCUT2D eigenvalue weighted by Crippen LogP contribution is -2.15. The van der Waals surface area contributed by atoms with Crippen molar-refractivity contribution in [3.8, 4) is 5.75 Å². The maximum Gasteiger partial charge on any atom is 0.250 e. The van der Waals surface area contributed by atoms with Crippen molar-refractivity contribution in [2.24, 2.45) is 5.73 Å². The van der Waals surface area contributed by atoms with Gasteiger partial charge in [0.15, 0.2) is 0 Å². The number of carbonyl (C=O) groups excluding carboxylic acids is 2. The van der Waals surface area contributed by atoms with Crippen molar-refractivity contribution in [3.63, 3.8) is 0 Å². The van der Waals surface area contributed by atoms with Gasteiger partial charge < -0.3 is 15.8 Å². The second-order valence-electron chi connectivity index (χ2n) is 5.02. The fourth-order valence-electron chi connectivity index (χ4n) is 1.99. The van der Waals surface area contributed by atoms with Crippen LogP contribution in [0.4, 0.5) is 5.69 Å². The smallest absolute Gasteiger partial charge is 0.250 e. The number of halogens is 2. The van der Waals surface area contributed by atoms with Gasteiger partial charge in [0, 0.05) is 16.6 Å². The van der Waals surface area contributed by atoms with Crippen LogP contribution in [0.15, 0.2) is 46.9 Å². The van der Waals surface area contributed by atoms with Gasteiger partial charge in [0.25, 0.3) is 0 Å². The highest BCUT2D eigenvalue weighted by Gasteiger charge is 2.09. The predicted molar refractivity (Wildman–Crippen MR) is 97.5 cm³/mol. The molecule has 0 bridgehead atoms. The SMILES string of the molecule is NC(=O)c1cc(NC(=O)CCCOc2cccc(Br)c2)ccc1Cl. The highest BCUT2D eigenvalue weighted by molar-refractivity contribution is 9.10. The van der Waals surface area contributed by atoms with Crippen LogP contribution >= 0.6 is 27.5 Å². The van der Waals surface area contributed by atoms with Crippen molar-refractivity contribution in [2.75, 3.05) is 11.9 Å². The number of carbonyl (C=O) groups is 2. The Morgan fingerprint density at radius 1 is 1.21 bits per heavy atom. The lowest BCUT2D eigenvalue weighted by Gasteiger charge is -2.08. The summed E-state index contributed by atoms with van der Waals surface area (Å²) in [5.74, 6) is -0.0716. The van der Waals surface area contributed by atoms with Gasteiger partial charge in [0.05, 0.1) is 17.2 Å². The van der Waals surface area contributed by atoms with Crippen molar-refractivity contribution in [3.05, 3.63) is 57.5 Å². The molecule has 0 radical (unpaired) electrons. The minimum Gasteiger partial charge on any atom is -0.494 e. The van der Waals surface area contributed by atoms with E-state index in [1.165, 1.54) is 12.1 Å². The van der Waals surface area contributed by atoms with Crippen LogP contribution in [0, 0.1) is 0 Å². The third kappa shape index (κ3) is 5.54. The van der Waals surface area contributed by atoms with E-state index >= 15 is 0 Å². The van der Waals surface area contributed by atoms with Gasteiger partial charge in [0.1, 0.15) is 5.75 Å². The van der Waals surface area contributed by atoms with E-state index in [4.69, 9.17) is 22.1 Å². The highest BCUT2D eigenvalue weighted by atomic mass is 79.9. The second-order valence-corrected chi connectivity index (χ2v) is 6.34. The molecule has 0 fully saturated rings. The van der Waals surface area contributed by atoms with Gasteiger partial charge in [0.2, 0.25) is 11.8 Å². The van der Waals surface area contributed by atoms with Gasteiger partial charge in [-0.2, -0.15) is 0 Å². The van der Waals surface area contributed by atoms with Crippen LogP contribution in [0.3, 0.4) is 0 Å². The lowest BCUT2D eigenvalue weighted by molar-refractivity contribution is -0.116. The minimum absolute atomic E-state index is 0.174. The Morgan fingerprint density at radius 3 is 2.71 bits per heavy atom. The molecule has 5 nitrogen and oxygen atoms in total. The Balaban J connectivity index is 1.79. The number of primary amides is 1. The zero-order chi connectivity index (χ0) is 17.5. The molecular formula is C17H16BrClN2O3. The standard InChI is InChI=1S/C17H16BrClN2O3/c18-11-3-1-4-13(9-11)24-8-2-5-16(22)21-12-6-7-15(19)14(10-12)17(20)23/h1,3-4,6-7,9-10H,2,5,8H2,(H2,20,23)(H,21,22). The Labute approximate surface area is 153 Å². The summed E-state index contributed by atoms with van der Waals surface area (Å²) < 4.78 is 6.50. The molecule has 0 atom stereocenters. The largest absolute Gasteiger partial charge is 0.494 e. The third-order valence-corrected chi connectivity index (χ3v) is 3.95. The summed E-state index contributed by atoms with van der Waals surface area (Å²) in [5, 5.41) is 2.96. The van der Waals surface area contributed by atoms with Crippen LogP contribution in [0.5, 0.6) is 5.75 Å². The van der Waals surface area contributed by atoms with Gasteiger partial charge in [-0.25, -0.2) is 0 Å². The Bertz CT molecular complexity index is 752. The monoisotopic (exact) mass is 410 g/mol. The van der Waals surface area contributed by atoms with Crippen LogP contribution < -0.4 is 15.8 Å². The molecule has 2 aromatic rings. The molecule has 2 rings (SSSR count). The molecule has 0 unspecified atom stereocenters. The number of hydrogen-bond acceptors (Lipinski definition) is 3. The lowest BCUT2D eigenvalue weighted by atomic mass is 10.2. The normalized spacial score (nSPS) is 10.2. The van der Waals surface area contributed by atoms with Gasteiger partial charge in [-0.15, -0.1) is 0 Å². The fraction of sp³-hybridized carbons (Fsp3) is 0.176. The maximum atomic E-state index is 11.9. The summed E-state index contributed by atoms with van der Waals surface area (Å²) in [4.78, 5) is 23.2. The van der Waals surface area contributed by atoms with E-state index in [1.807, 2.05) is 24.3 Å². The first kappa shape index (κ1) is 18.3. The number of anilines is 1. The quantitative estimate of drug-likeness (QED) is 0.676. The third-order valence-electron chi connectivity index (χ3n) is 3.13. The first-order valence-corrected chi connectivity index (χ1v) is 8.40. The first-order chi connectivity index (χ1) is 11.5. The van der Waals surface area contributed by atoms with E-state index in [0.717, 1.165) is 10.2 Å². The van der Waals surface area contributed by atoms with Crippen molar-refractivity contribution < 1.29 is 14.3 Å². The molecule has 126 valence electrons. The summed E-state index contributed by atoms with van der Waals surface area (Å²) in [6.45, 7) is 0.428. The number of nitrogens with one attached hydrogen (secondary N) is 1. The minimum atomic E-state index is -0.640. The van der Waals surface area contributed by atoms with Gasteiger partial charge in [-0.3, -0.25) is 9.59 Å². The maximum absolute atomic E-state index is 11.9. The van der Waals surface area contributed by atoms with Crippen molar-refractivity contribution >= 4 is 45.0 Å². The molecule has 3 N–H and O–H groups in total. The number of benzene rings is 2. The number of hydrogen-bond donors (Lipinski definition) is 2. The summed E-state index contributed by atoms with van der Waals surface area (Å²) in [6.07, 6.45) is 0.858. The summed E-state index contributed by atoms with van der Waals surface area (Å²) in [7, 11) is 0. The Hall–Kier alpha value is -2.05. The van der Waals surface area contributed by atoms with Crippen LogP contribution in [0.2, 0.25) is 5.02 Å². The molecule has 0 heterocycles. The van der Waals surface area contributed by atoms with Gasteiger partial charge >= 0.3 is 0 Å². The summed E-state index contributed by atoms with van der Waals surface area (Å²) >= 11 is 9.23. The number of amides is 2. The van der Waals surface area contributed by atoms with E-state index in [9.17, 15) is 9.59 Å². The van der Waals surface area contributed by atoms with Crippen LogP contribution in [0.25, 0.3) is 0 Å². The zero-order valence-electron chi connectivity index (χ0n) is 12.7. The number of nitrogens with two attached hydrogens (primary N) is 1. The average molecular weight is 412 g/mol. The van der Waals surface area contributed by atoms with E-state index < -0.39 is 5.91 Å². The molecule has 0 saturated carbocycles. The van der Waals surface area contributed by atoms with Crippen LogP contribution in [-0.4, -0.2) is 18.4 Å². The predicted octanol–water partition coefficient (Wildman–Crippen LogP) is 4.00. The van der Waals surface area contributed by atoms with E-state index in [1.54, 1.807) is 6.07 Å².